The average molecular weight is 381 g/mol. The van der Waals surface area contributed by atoms with Crippen molar-refractivity contribution in [2.45, 2.75) is 4.90 Å². The molecule has 0 unspecified atom stereocenters. The molecule has 0 aliphatic heterocycles. The van der Waals surface area contributed by atoms with Crippen molar-refractivity contribution in [3.05, 3.63) is 67.0 Å². The van der Waals surface area contributed by atoms with Crippen LogP contribution in [0.2, 0.25) is 0 Å². The number of methoxy groups -OCH3 is 1. The summed E-state index contributed by atoms with van der Waals surface area (Å²) in [6.45, 7) is 0. The number of sulfonamides is 1. The van der Waals surface area contributed by atoms with Gasteiger partial charge in [0.05, 0.1) is 17.7 Å². The number of fused-ring (bicyclic) bond motifs is 1. The largest absolute Gasteiger partial charge is 0.497 e. The van der Waals surface area contributed by atoms with Gasteiger partial charge in [-0.2, -0.15) is 0 Å². The van der Waals surface area contributed by atoms with Crippen molar-refractivity contribution in [2.24, 2.45) is 0 Å². The molecular formula is C19H15N3O4S. The molecule has 4 aromatic rings. The van der Waals surface area contributed by atoms with E-state index in [1.54, 1.807) is 54.9 Å². The van der Waals surface area contributed by atoms with Gasteiger partial charge in [0, 0.05) is 18.0 Å². The third kappa shape index (κ3) is 3.34. The van der Waals surface area contributed by atoms with Gasteiger partial charge in [-0.1, -0.05) is 6.07 Å². The Morgan fingerprint density at radius 3 is 2.44 bits per heavy atom. The van der Waals surface area contributed by atoms with Crippen molar-refractivity contribution in [3.63, 3.8) is 0 Å². The van der Waals surface area contributed by atoms with Gasteiger partial charge >= 0.3 is 0 Å². The van der Waals surface area contributed by atoms with Crippen LogP contribution in [0.4, 0.5) is 5.69 Å². The fraction of sp³-hybridized carbons (Fsp3) is 0.0526. The second-order valence-corrected chi connectivity index (χ2v) is 7.37. The zero-order chi connectivity index (χ0) is 18.9. The van der Waals surface area contributed by atoms with E-state index in [0.29, 0.717) is 28.4 Å². The molecule has 8 heteroatoms. The number of pyridine rings is 1. The molecule has 1 N–H and O–H groups in total. The number of nitrogens with zero attached hydrogens (tertiary/aromatic N) is 2. The molecule has 0 atom stereocenters. The quantitative estimate of drug-likeness (QED) is 0.566. The highest BCUT2D eigenvalue weighted by Crippen LogP contribution is 2.30. The van der Waals surface area contributed by atoms with Crippen molar-refractivity contribution in [1.82, 2.24) is 9.97 Å². The highest BCUT2D eigenvalue weighted by Gasteiger charge is 2.18. The summed E-state index contributed by atoms with van der Waals surface area (Å²) in [5.41, 5.74) is 1.99. The van der Waals surface area contributed by atoms with E-state index in [1.807, 2.05) is 0 Å². The predicted octanol–water partition coefficient (Wildman–Crippen LogP) is 3.70. The van der Waals surface area contributed by atoms with Crippen LogP contribution in [0, 0.1) is 0 Å². The summed E-state index contributed by atoms with van der Waals surface area (Å²) < 4.78 is 38.8. The molecule has 0 amide bonds. The van der Waals surface area contributed by atoms with Crippen LogP contribution >= 0.6 is 0 Å². The number of hydrogen-bond acceptors (Lipinski definition) is 6. The molecule has 0 spiro atoms. The Labute approximate surface area is 155 Å². The first-order valence-electron chi connectivity index (χ1n) is 8.04. The van der Waals surface area contributed by atoms with E-state index in [1.165, 1.54) is 19.2 Å². The van der Waals surface area contributed by atoms with Crippen LogP contribution in [0.3, 0.4) is 0 Å². The van der Waals surface area contributed by atoms with E-state index in [2.05, 4.69) is 14.7 Å². The molecule has 7 nitrogen and oxygen atoms in total. The third-order valence-electron chi connectivity index (χ3n) is 3.96. The molecule has 2 aromatic heterocycles. The maximum atomic E-state index is 12.7. The Morgan fingerprint density at radius 2 is 1.74 bits per heavy atom. The lowest BCUT2D eigenvalue weighted by atomic mass is 10.3. The fourth-order valence-electron chi connectivity index (χ4n) is 2.61. The number of oxazole rings is 1. The Kier molecular flexibility index (Phi) is 4.25. The van der Waals surface area contributed by atoms with Crippen LogP contribution in [0.1, 0.15) is 0 Å². The summed E-state index contributed by atoms with van der Waals surface area (Å²) in [6, 6.07) is 14.8. The summed E-state index contributed by atoms with van der Waals surface area (Å²) in [4.78, 5) is 8.51. The van der Waals surface area contributed by atoms with Gasteiger partial charge in [-0.25, -0.2) is 13.4 Å². The van der Waals surface area contributed by atoms with Crippen LogP contribution in [0.5, 0.6) is 5.75 Å². The van der Waals surface area contributed by atoms with Gasteiger partial charge in [-0.15, -0.1) is 0 Å². The molecule has 0 bridgehead atoms. The maximum absolute atomic E-state index is 12.7. The van der Waals surface area contributed by atoms with Crippen molar-refractivity contribution in [1.29, 1.82) is 0 Å². The molecule has 27 heavy (non-hydrogen) atoms. The summed E-state index contributed by atoms with van der Waals surface area (Å²) in [7, 11) is -2.27. The van der Waals surface area contributed by atoms with Crippen LogP contribution in [0.25, 0.3) is 22.6 Å². The topological polar surface area (TPSA) is 94.3 Å². The van der Waals surface area contributed by atoms with Gasteiger partial charge in [0.25, 0.3) is 10.0 Å². The van der Waals surface area contributed by atoms with Crippen molar-refractivity contribution >= 4 is 26.8 Å². The second-order valence-electron chi connectivity index (χ2n) is 5.69. The summed E-state index contributed by atoms with van der Waals surface area (Å²) in [5.74, 6) is 0.969. The maximum Gasteiger partial charge on any atom is 0.262 e. The monoisotopic (exact) mass is 381 g/mol. The molecule has 0 fully saturated rings. The van der Waals surface area contributed by atoms with Gasteiger partial charge in [0.15, 0.2) is 5.58 Å². The van der Waals surface area contributed by atoms with Crippen LogP contribution in [-0.4, -0.2) is 25.5 Å². The van der Waals surface area contributed by atoms with Crippen molar-refractivity contribution in [2.75, 3.05) is 11.8 Å². The molecule has 2 heterocycles. The number of ether oxygens (including phenoxy) is 1. The number of rotatable bonds is 5. The Bertz CT molecular complexity index is 1190. The number of aromatic nitrogens is 2. The van der Waals surface area contributed by atoms with E-state index in [4.69, 9.17) is 9.15 Å². The van der Waals surface area contributed by atoms with Gasteiger partial charge in [-0.3, -0.25) is 9.71 Å². The van der Waals surface area contributed by atoms with Gasteiger partial charge in [0.1, 0.15) is 11.3 Å². The van der Waals surface area contributed by atoms with E-state index in [0.717, 1.165) is 5.56 Å². The lowest BCUT2D eigenvalue weighted by molar-refractivity contribution is 0.414. The summed E-state index contributed by atoms with van der Waals surface area (Å²) >= 11 is 0. The summed E-state index contributed by atoms with van der Waals surface area (Å²) in [6.07, 6.45) is 3.27. The van der Waals surface area contributed by atoms with Gasteiger partial charge in [0.2, 0.25) is 5.89 Å². The molecule has 4 rings (SSSR count). The third-order valence-corrected chi connectivity index (χ3v) is 5.34. The molecule has 0 aliphatic rings. The number of hydrogen-bond donors (Lipinski definition) is 1. The number of anilines is 1. The Hall–Kier alpha value is -3.39. The van der Waals surface area contributed by atoms with E-state index >= 15 is 0 Å². The molecule has 136 valence electrons. The Balaban J connectivity index is 1.72. The minimum absolute atomic E-state index is 0.120. The van der Waals surface area contributed by atoms with E-state index in [9.17, 15) is 8.42 Å². The fourth-order valence-corrected chi connectivity index (χ4v) is 3.67. The first-order chi connectivity index (χ1) is 13.1. The lowest BCUT2D eigenvalue weighted by Gasteiger charge is -2.08. The highest BCUT2D eigenvalue weighted by molar-refractivity contribution is 7.92. The molecule has 0 radical (unpaired) electrons. The molecule has 0 saturated heterocycles. The zero-order valence-electron chi connectivity index (χ0n) is 14.3. The first kappa shape index (κ1) is 17.0. The standard InChI is InChI=1S/C19H15N3O4S/c1-25-14-5-7-15(8-6-14)27(23,24)22-17-4-2-3-16-18(17)26-19(21-16)13-9-11-20-12-10-13/h2-12,22H,1H3. The van der Waals surface area contributed by atoms with Crippen LogP contribution < -0.4 is 9.46 Å². The number of para-hydroxylation sites is 1. The molecule has 2 aromatic carbocycles. The molecule has 0 aliphatic carbocycles. The van der Waals surface area contributed by atoms with Crippen molar-refractivity contribution < 1.29 is 17.6 Å². The lowest BCUT2D eigenvalue weighted by Crippen LogP contribution is -2.13. The number of nitrogens with one attached hydrogen (secondary N) is 1. The normalized spacial score (nSPS) is 11.4. The van der Waals surface area contributed by atoms with E-state index < -0.39 is 10.0 Å². The minimum Gasteiger partial charge on any atom is -0.497 e. The zero-order valence-corrected chi connectivity index (χ0v) is 15.1. The van der Waals surface area contributed by atoms with Crippen LogP contribution in [0.15, 0.2) is 76.3 Å². The van der Waals surface area contributed by atoms with E-state index in [-0.39, 0.29) is 4.90 Å². The van der Waals surface area contributed by atoms with Gasteiger partial charge in [-0.05, 0) is 48.5 Å². The average Bonchev–Trinajstić information content (AvgIpc) is 3.14. The van der Waals surface area contributed by atoms with Gasteiger partial charge < -0.3 is 9.15 Å². The predicted molar refractivity (Wildman–Crippen MR) is 101 cm³/mol. The summed E-state index contributed by atoms with van der Waals surface area (Å²) in [5, 5.41) is 0. The molecule has 0 saturated carbocycles. The first-order valence-corrected chi connectivity index (χ1v) is 9.52. The van der Waals surface area contributed by atoms with Crippen LogP contribution in [-0.2, 0) is 10.0 Å². The second kappa shape index (κ2) is 6.73. The SMILES string of the molecule is COc1ccc(S(=O)(=O)Nc2cccc3nc(-c4ccncc4)oc23)cc1. The smallest absolute Gasteiger partial charge is 0.262 e. The minimum atomic E-state index is -3.79. The Morgan fingerprint density at radius 1 is 1.00 bits per heavy atom. The highest BCUT2D eigenvalue weighted by atomic mass is 32.2. The molecular weight excluding hydrogens is 366 g/mol. The number of benzene rings is 2. The van der Waals surface area contributed by atoms with Crippen molar-refractivity contribution in [3.8, 4) is 17.2 Å².